The van der Waals surface area contributed by atoms with Crippen LogP contribution in [0, 0.1) is 0 Å². The van der Waals surface area contributed by atoms with Crippen molar-refractivity contribution in [1.29, 1.82) is 0 Å². The van der Waals surface area contributed by atoms with Crippen molar-refractivity contribution in [3.05, 3.63) is 35.9 Å². The zero-order valence-electron chi connectivity index (χ0n) is 13.2. The first-order chi connectivity index (χ1) is 10.0. The molecule has 6 heteroatoms. The maximum absolute atomic E-state index is 6.18. The highest BCUT2D eigenvalue weighted by atomic mass is 28.4. The minimum Gasteiger partial charge on any atom is -0.377 e. The number of nitrogens with two attached hydrogens (primary N) is 2. The molecular formula is C15H28N2O3Si. The lowest BCUT2D eigenvalue weighted by Crippen LogP contribution is -2.44. The molecule has 5 nitrogen and oxygen atoms in total. The Labute approximate surface area is 128 Å². The van der Waals surface area contributed by atoms with Crippen LogP contribution >= 0.6 is 0 Å². The minimum absolute atomic E-state index is 0.0241. The first-order valence-electron chi connectivity index (χ1n) is 7.25. The van der Waals surface area contributed by atoms with Gasteiger partial charge in [0.2, 0.25) is 0 Å². The van der Waals surface area contributed by atoms with Crippen LogP contribution in [0.1, 0.15) is 18.4 Å². The highest BCUT2D eigenvalue weighted by Crippen LogP contribution is 2.17. The topological polar surface area (TPSA) is 79.7 Å². The first-order valence-corrected chi connectivity index (χ1v) is 9.19. The molecule has 0 saturated carbocycles. The average Bonchev–Trinajstić information content (AvgIpc) is 2.50. The second-order valence-electron chi connectivity index (χ2n) is 5.28. The predicted octanol–water partition coefficient (Wildman–Crippen LogP) is 1.54. The molecule has 0 saturated heterocycles. The van der Waals surface area contributed by atoms with E-state index in [0.717, 1.165) is 19.3 Å². The first kappa shape index (κ1) is 18.3. The Balaban J connectivity index is 2.37. The fraction of sp³-hybridized carbons (Fsp3) is 0.600. The fourth-order valence-electron chi connectivity index (χ4n) is 2.43. The summed E-state index contributed by atoms with van der Waals surface area (Å²) < 4.78 is 16.2. The largest absolute Gasteiger partial charge is 0.500 e. The molecule has 0 bridgehead atoms. The quantitative estimate of drug-likeness (QED) is 0.641. The van der Waals surface area contributed by atoms with Crippen LogP contribution in [-0.2, 0) is 19.7 Å². The van der Waals surface area contributed by atoms with Crippen LogP contribution in [0.3, 0.4) is 0 Å². The molecule has 0 radical (unpaired) electrons. The average molecular weight is 312 g/mol. The number of hydrogen-bond acceptors (Lipinski definition) is 5. The summed E-state index contributed by atoms with van der Waals surface area (Å²) in [6, 6.07) is 11.0. The van der Waals surface area contributed by atoms with Gasteiger partial charge in [0.25, 0.3) is 0 Å². The summed E-state index contributed by atoms with van der Waals surface area (Å²) in [7, 11) is 2.32. The highest BCUT2D eigenvalue weighted by Gasteiger charge is 2.37. The Bertz CT molecular complexity index is 380. The lowest BCUT2D eigenvalue weighted by atomic mass is 9.99. The molecule has 21 heavy (non-hydrogen) atoms. The van der Waals surface area contributed by atoms with E-state index >= 15 is 0 Å². The number of benzene rings is 1. The summed E-state index contributed by atoms with van der Waals surface area (Å²) in [4.78, 5) is 0. The lowest BCUT2D eigenvalue weighted by Gasteiger charge is -2.26. The third-order valence-corrected chi connectivity index (χ3v) is 6.47. The van der Waals surface area contributed by atoms with Crippen molar-refractivity contribution in [1.82, 2.24) is 0 Å². The highest BCUT2D eigenvalue weighted by molar-refractivity contribution is 6.60. The van der Waals surface area contributed by atoms with Crippen LogP contribution in [0.15, 0.2) is 30.3 Å². The summed E-state index contributed by atoms with van der Waals surface area (Å²) in [6.07, 6.45) is 2.40. The Hall–Kier alpha value is -0.763. The van der Waals surface area contributed by atoms with Gasteiger partial charge in [0.15, 0.2) is 0 Å². The van der Waals surface area contributed by atoms with E-state index in [-0.39, 0.29) is 12.1 Å². The zero-order chi connectivity index (χ0) is 15.7. The van der Waals surface area contributed by atoms with Gasteiger partial charge in [0, 0.05) is 39.5 Å². The van der Waals surface area contributed by atoms with Crippen molar-refractivity contribution in [3.8, 4) is 0 Å². The van der Waals surface area contributed by atoms with Crippen LogP contribution in [0.25, 0.3) is 0 Å². The van der Waals surface area contributed by atoms with Crippen molar-refractivity contribution in [3.63, 3.8) is 0 Å². The Kier molecular flexibility index (Phi) is 8.09. The van der Waals surface area contributed by atoms with Gasteiger partial charge in [-0.25, -0.2) is 0 Å². The van der Waals surface area contributed by atoms with Crippen molar-refractivity contribution < 1.29 is 13.3 Å². The van der Waals surface area contributed by atoms with E-state index in [1.165, 1.54) is 5.56 Å². The van der Waals surface area contributed by atoms with Gasteiger partial charge in [0.1, 0.15) is 0 Å². The van der Waals surface area contributed by atoms with Crippen LogP contribution in [-0.4, -0.2) is 42.2 Å². The van der Waals surface area contributed by atoms with Gasteiger partial charge in [-0.05, 0) is 24.8 Å². The molecule has 2 atom stereocenters. The Morgan fingerprint density at radius 1 is 0.952 bits per heavy atom. The van der Waals surface area contributed by atoms with Gasteiger partial charge in [-0.15, -0.1) is 0 Å². The van der Waals surface area contributed by atoms with E-state index in [4.69, 9.17) is 24.7 Å². The SMILES string of the molecule is CO[Si](CCC(N)CC(N)Cc1ccccc1)(OC)OC. The summed E-state index contributed by atoms with van der Waals surface area (Å²) in [5.74, 6) is 0. The van der Waals surface area contributed by atoms with Crippen LogP contribution in [0.4, 0.5) is 0 Å². The van der Waals surface area contributed by atoms with E-state index in [1.54, 1.807) is 21.3 Å². The molecular weight excluding hydrogens is 284 g/mol. The fourth-order valence-corrected chi connectivity index (χ4v) is 4.26. The molecule has 1 rings (SSSR count). The van der Waals surface area contributed by atoms with Gasteiger partial charge in [0.05, 0.1) is 0 Å². The number of rotatable bonds is 10. The predicted molar refractivity (Wildman–Crippen MR) is 86.9 cm³/mol. The third kappa shape index (κ3) is 6.25. The van der Waals surface area contributed by atoms with Gasteiger partial charge >= 0.3 is 8.80 Å². The van der Waals surface area contributed by atoms with Gasteiger partial charge < -0.3 is 24.7 Å². The number of hydrogen-bond donors (Lipinski definition) is 2. The second kappa shape index (κ2) is 9.29. The minimum atomic E-state index is -2.53. The molecule has 0 heterocycles. The van der Waals surface area contributed by atoms with Gasteiger partial charge in [-0.1, -0.05) is 30.3 Å². The summed E-state index contributed by atoms with van der Waals surface area (Å²) in [5, 5.41) is 0. The van der Waals surface area contributed by atoms with Crippen molar-refractivity contribution in [2.75, 3.05) is 21.3 Å². The van der Waals surface area contributed by atoms with E-state index < -0.39 is 8.80 Å². The van der Waals surface area contributed by atoms with Crippen LogP contribution in [0.5, 0.6) is 0 Å². The molecule has 0 aliphatic rings. The monoisotopic (exact) mass is 312 g/mol. The maximum Gasteiger partial charge on any atom is 0.500 e. The molecule has 1 aromatic rings. The molecule has 2 unspecified atom stereocenters. The van der Waals surface area contributed by atoms with Crippen molar-refractivity contribution in [2.45, 2.75) is 37.4 Å². The van der Waals surface area contributed by atoms with E-state index in [1.807, 2.05) is 18.2 Å². The Morgan fingerprint density at radius 3 is 2.05 bits per heavy atom. The molecule has 0 amide bonds. The van der Waals surface area contributed by atoms with Crippen molar-refractivity contribution >= 4 is 8.80 Å². The van der Waals surface area contributed by atoms with E-state index in [9.17, 15) is 0 Å². The Morgan fingerprint density at radius 2 is 1.52 bits per heavy atom. The smallest absolute Gasteiger partial charge is 0.377 e. The summed E-state index contributed by atoms with van der Waals surface area (Å²) in [5.41, 5.74) is 13.6. The van der Waals surface area contributed by atoms with Gasteiger partial charge in [-0.2, -0.15) is 0 Å². The summed E-state index contributed by atoms with van der Waals surface area (Å²) in [6.45, 7) is 0. The molecule has 0 aromatic heterocycles. The molecule has 4 N–H and O–H groups in total. The molecule has 120 valence electrons. The van der Waals surface area contributed by atoms with Crippen molar-refractivity contribution in [2.24, 2.45) is 11.5 Å². The lowest BCUT2D eigenvalue weighted by molar-refractivity contribution is 0.122. The van der Waals surface area contributed by atoms with E-state index in [2.05, 4.69) is 12.1 Å². The van der Waals surface area contributed by atoms with E-state index in [0.29, 0.717) is 6.04 Å². The molecule has 0 aliphatic carbocycles. The normalized spacial score (nSPS) is 14.9. The maximum atomic E-state index is 6.18. The molecule has 0 spiro atoms. The van der Waals surface area contributed by atoms with Gasteiger partial charge in [-0.3, -0.25) is 0 Å². The second-order valence-corrected chi connectivity index (χ2v) is 8.37. The standard InChI is InChI=1S/C15H28N2O3Si/c1-18-21(19-2,20-3)10-9-14(16)12-15(17)11-13-7-5-4-6-8-13/h4-8,14-15H,9-12,16-17H2,1-3H3. The van der Waals surface area contributed by atoms with Crippen LogP contribution < -0.4 is 11.5 Å². The van der Waals surface area contributed by atoms with Crippen LogP contribution in [0.2, 0.25) is 6.04 Å². The third-order valence-electron chi connectivity index (χ3n) is 3.70. The zero-order valence-corrected chi connectivity index (χ0v) is 14.2. The molecule has 0 aliphatic heterocycles. The molecule has 0 fully saturated rings. The molecule has 1 aromatic carbocycles. The summed E-state index contributed by atoms with van der Waals surface area (Å²) >= 11 is 0.